The van der Waals surface area contributed by atoms with E-state index in [0.29, 0.717) is 11.3 Å². The van der Waals surface area contributed by atoms with Crippen molar-refractivity contribution < 1.29 is 19.2 Å². The number of ketones is 1. The Morgan fingerprint density at radius 3 is 2.45 bits per heavy atom. The number of rotatable bonds is 4. The van der Waals surface area contributed by atoms with Crippen molar-refractivity contribution in [1.29, 1.82) is 0 Å². The molecule has 0 saturated carbocycles. The molecule has 0 spiro atoms. The fourth-order valence-corrected chi connectivity index (χ4v) is 2.12. The van der Waals surface area contributed by atoms with Gasteiger partial charge in [0.05, 0.1) is 17.2 Å². The largest absolute Gasteiger partial charge is 0.488 e. The van der Waals surface area contributed by atoms with Crippen molar-refractivity contribution in [3.8, 4) is 0 Å². The molecule has 0 aliphatic carbocycles. The van der Waals surface area contributed by atoms with E-state index in [4.69, 9.17) is 4.74 Å². The minimum Gasteiger partial charge on any atom is -0.488 e. The minimum absolute atomic E-state index is 0.0733. The molecule has 8 heteroatoms. The molecule has 1 atom stereocenters. The number of nitro groups is 1. The molecule has 2 rings (SSSR count). The third-order valence-corrected chi connectivity index (χ3v) is 3.13. The lowest BCUT2D eigenvalue weighted by Crippen LogP contribution is -2.37. The van der Waals surface area contributed by atoms with Gasteiger partial charge < -0.3 is 15.4 Å². The molecule has 2 N–H and O–H groups in total. The number of nitro benzene ring substituents is 1. The summed E-state index contributed by atoms with van der Waals surface area (Å²) >= 11 is 0. The van der Waals surface area contributed by atoms with Crippen molar-refractivity contribution in [2.45, 2.75) is 19.9 Å². The number of hydrogen-bond donors (Lipinski definition) is 2. The van der Waals surface area contributed by atoms with Crippen LogP contribution in [0.25, 0.3) is 0 Å². The highest BCUT2D eigenvalue weighted by Gasteiger charge is 2.31. The van der Waals surface area contributed by atoms with Crippen LogP contribution < -0.4 is 10.6 Å². The summed E-state index contributed by atoms with van der Waals surface area (Å²) in [7, 11) is 0. The first-order valence-electron chi connectivity index (χ1n) is 6.63. The number of nitrogens with one attached hydrogen (secondary N) is 2. The number of carbonyl (C=O) groups excluding carboxylic acids is 2. The van der Waals surface area contributed by atoms with Crippen LogP contribution in [0.3, 0.4) is 0 Å². The van der Waals surface area contributed by atoms with Crippen LogP contribution in [-0.2, 0) is 9.53 Å². The van der Waals surface area contributed by atoms with Crippen LogP contribution in [0.2, 0.25) is 0 Å². The summed E-state index contributed by atoms with van der Waals surface area (Å²) in [5.41, 5.74) is 0.678. The molecule has 1 unspecified atom stereocenters. The van der Waals surface area contributed by atoms with E-state index in [-0.39, 0.29) is 18.1 Å². The van der Waals surface area contributed by atoms with Crippen LogP contribution in [-0.4, -0.2) is 23.3 Å². The predicted molar refractivity (Wildman–Crippen MR) is 76.8 cm³/mol. The number of amides is 2. The zero-order valence-electron chi connectivity index (χ0n) is 12.1. The highest BCUT2D eigenvalue weighted by Crippen LogP contribution is 2.24. The number of non-ortho nitro benzene ring substituents is 1. The molecule has 0 radical (unpaired) electrons. The zero-order valence-corrected chi connectivity index (χ0v) is 12.1. The van der Waals surface area contributed by atoms with Crippen molar-refractivity contribution in [1.82, 2.24) is 10.6 Å². The van der Waals surface area contributed by atoms with Crippen molar-refractivity contribution >= 4 is 17.5 Å². The number of nitrogens with zero attached hydrogens (tertiary/aromatic N) is 1. The maximum atomic E-state index is 12.5. The zero-order chi connectivity index (χ0) is 16.3. The Bertz CT molecular complexity index is 651. The van der Waals surface area contributed by atoms with Gasteiger partial charge >= 0.3 is 6.03 Å². The Morgan fingerprint density at radius 1 is 1.27 bits per heavy atom. The first kappa shape index (κ1) is 15.5. The average Bonchev–Trinajstić information content (AvgIpc) is 2.58. The SMILES string of the molecule is CCOC1=C(C)NC(=O)NC(c2ccc([N+](=O)[O-])cc2)C1=O. The van der Waals surface area contributed by atoms with Crippen LogP contribution in [0.1, 0.15) is 25.5 Å². The smallest absolute Gasteiger partial charge is 0.319 e. The van der Waals surface area contributed by atoms with Crippen molar-refractivity contribution in [2.24, 2.45) is 0 Å². The van der Waals surface area contributed by atoms with E-state index in [0.717, 1.165) is 0 Å². The molecule has 8 nitrogen and oxygen atoms in total. The molecule has 22 heavy (non-hydrogen) atoms. The van der Waals surface area contributed by atoms with Gasteiger partial charge in [0.25, 0.3) is 5.69 Å². The summed E-state index contributed by atoms with van der Waals surface area (Å²) in [6.07, 6.45) is 0. The van der Waals surface area contributed by atoms with Gasteiger partial charge in [-0.15, -0.1) is 0 Å². The van der Waals surface area contributed by atoms with Gasteiger partial charge in [-0.25, -0.2) is 4.79 Å². The monoisotopic (exact) mass is 305 g/mol. The third-order valence-electron chi connectivity index (χ3n) is 3.13. The van der Waals surface area contributed by atoms with Crippen LogP contribution in [0.15, 0.2) is 35.7 Å². The van der Waals surface area contributed by atoms with E-state index < -0.39 is 22.8 Å². The van der Waals surface area contributed by atoms with Gasteiger partial charge in [-0.05, 0) is 31.5 Å². The molecule has 0 bridgehead atoms. The Kier molecular flexibility index (Phi) is 4.40. The number of ether oxygens (including phenoxy) is 1. The van der Waals surface area contributed by atoms with Crippen LogP contribution in [0, 0.1) is 10.1 Å². The molecule has 0 saturated heterocycles. The molecular formula is C14H15N3O5. The van der Waals surface area contributed by atoms with E-state index in [9.17, 15) is 19.7 Å². The summed E-state index contributed by atoms with van der Waals surface area (Å²) in [6, 6.07) is 3.94. The van der Waals surface area contributed by atoms with Crippen molar-refractivity contribution in [2.75, 3.05) is 6.61 Å². The second-order valence-electron chi connectivity index (χ2n) is 4.63. The van der Waals surface area contributed by atoms with Gasteiger partial charge in [-0.3, -0.25) is 14.9 Å². The number of Topliss-reactive ketones (excluding diaryl/α,β-unsaturated/α-hetero) is 1. The minimum atomic E-state index is -0.959. The normalized spacial score (nSPS) is 18.4. The average molecular weight is 305 g/mol. The molecule has 1 aromatic carbocycles. The Balaban J connectivity index is 2.38. The molecule has 116 valence electrons. The van der Waals surface area contributed by atoms with E-state index >= 15 is 0 Å². The van der Waals surface area contributed by atoms with Crippen molar-refractivity contribution in [3.63, 3.8) is 0 Å². The molecule has 0 aromatic heterocycles. The quantitative estimate of drug-likeness (QED) is 0.650. The summed E-state index contributed by atoms with van der Waals surface area (Å²) in [6.45, 7) is 3.58. The maximum Gasteiger partial charge on any atom is 0.319 e. The Hall–Kier alpha value is -2.90. The first-order valence-corrected chi connectivity index (χ1v) is 6.63. The number of allylic oxidation sites excluding steroid dienone is 1. The summed E-state index contributed by atoms with van der Waals surface area (Å²) < 4.78 is 5.32. The lowest BCUT2D eigenvalue weighted by Gasteiger charge is -2.16. The Labute approximate surface area is 126 Å². The van der Waals surface area contributed by atoms with Gasteiger partial charge in [0.2, 0.25) is 5.78 Å². The highest BCUT2D eigenvalue weighted by molar-refractivity contribution is 6.02. The number of urea groups is 1. The lowest BCUT2D eigenvalue weighted by molar-refractivity contribution is -0.384. The standard InChI is InChI=1S/C14H15N3O5/c1-3-22-13-8(2)15-14(19)16-11(12(13)18)9-4-6-10(7-5-9)17(20)21/h4-7,11H,3H2,1-2H3,(H2,15,16,19). The number of hydrogen-bond acceptors (Lipinski definition) is 5. The second-order valence-corrected chi connectivity index (χ2v) is 4.63. The molecule has 1 aliphatic heterocycles. The van der Waals surface area contributed by atoms with E-state index in [1.807, 2.05) is 0 Å². The van der Waals surface area contributed by atoms with E-state index in [2.05, 4.69) is 10.6 Å². The van der Waals surface area contributed by atoms with E-state index in [1.54, 1.807) is 13.8 Å². The third kappa shape index (κ3) is 3.05. The van der Waals surface area contributed by atoms with Gasteiger partial charge in [0.15, 0.2) is 5.76 Å². The van der Waals surface area contributed by atoms with Gasteiger partial charge in [0, 0.05) is 12.1 Å². The topological polar surface area (TPSA) is 111 Å². The van der Waals surface area contributed by atoms with Gasteiger partial charge in [-0.1, -0.05) is 0 Å². The van der Waals surface area contributed by atoms with Crippen LogP contribution in [0.4, 0.5) is 10.5 Å². The van der Waals surface area contributed by atoms with Gasteiger partial charge in [0.1, 0.15) is 6.04 Å². The summed E-state index contributed by atoms with van der Waals surface area (Å²) in [4.78, 5) is 34.5. The summed E-state index contributed by atoms with van der Waals surface area (Å²) in [5, 5.41) is 15.7. The fourth-order valence-electron chi connectivity index (χ4n) is 2.12. The Morgan fingerprint density at radius 2 is 1.91 bits per heavy atom. The second kappa shape index (κ2) is 6.25. The van der Waals surface area contributed by atoms with Gasteiger partial charge in [-0.2, -0.15) is 0 Å². The molecule has 1 aliphatic rings. The van der Waals surface area contributed by atoms with Crippen molar-refractivity contribution in [3.05, 3.63) is 51.4 Å². The fraction of sp³-hybridized carbons (Fsp3) is 0.286. The predicted octanol–water partition coefficient (Wildman–Crippen LogP) is 1.79. The lowest BCUT2D eigenvalue weighted by atomic mass is 10.0. The number of carbonyl (C=O) groups is 2. The van der Waals surface area contributed by atoms with E-state index in [1.165, 1.54) is 24.3 Å². The maximum absolute atomic E-state index is 12.5. The first-order chi connectivity index (χ1) is 10.4. The molecule has 1 aromatic rings. The molecule has 0 fully saturated rings. The van der Waals surface area contributed by atoms with Crippen LogP contribution in [0.5, 0.6) is 0 Å². The van der Waals surface area contributed by atoms with Crippen LogP contribution >= 0.6 is 0 Å². The molecule has 2 amide bonds. The molecular weight excluding hydrogens is 290 g/mol. The summed E-state index contributed by atoms with van der Waals surface area (Å²) in [5.74, 6) is -0.337. The highest BCUT2D eigenvalue weighted by atomic mass is 16.6. The number of benzene rings is 1. The molecule has 1 heterocycles.